The summed E-state index contributed by atoms with van der Waals surface area (Å²) in [5.74, 6) is 0.491. The van der Waals surface area contributed by atoms with Gasteiger partial charge in [0.25, 0.3) is 0 Å². The third-order valence-electron chi connectivity index (χ3n) is 4.14. The van der Waals surface area contributed by atoms with Gasteiger partial charge in [-0.1, -0.05) is 12.1 Å². The molecule has 1 fully saturated rings. The Morgan fingerprint density at radius 1 is 1.52 bits per heavy atom. The minimum absolute atomic E-state index is 0.00944. The second-order valence-electron chi connectivity index (χ2n) is 5.47. The van der Waals surface area contributed by atoms with Gasteiger partial charge in [0.15, 0.2) is 0 Å². The first-order valence-corrected chi connectivity index (χ1v) is 7.27. The molecule has 5 nitrogen and oxygen atoms in total. The number of hydrogen-bond acceptors (Lipinski definition) is 5. The number of aliphatic hydroxyl groups excluding tert-OH is 1. The average Bonchev–Trinajstić information content (AvgIpc) is 2.54. The fourth-order valence-corrected chi connectivity index (χ4v) is 2.94. The minimum Gasteiger partial charge on any atom is -0.490 e. The number of methoxy groups -OCH3 is 1. The summed E-state index contributed by atoms with van der Waals surface area (Å²) in [5.41, 5.74) is 0.155. The Morgan fingerprint density at radius 3 is 3.00 bits per heavy atom. The lowest BCUT2D eigenvalue weighted by molar-refractivity contribution is -0.151. The summed E-state index contributed by atoms with van der Waals surface area (Å²) in [6.07, 6.45) is 3.11. The first-order valence-electron chi connectivity index (χ1n) is 7.27. The molecule has 0 saturated heterocycles. The Morgan fingerprint density at radius 2 is 2.33 bits per heavy atom. The highest BCUT2D eigenvalue weighted by Crippen LogP contribution is 2.32. The van der Waals surface area contributed by atoms with E-state index in [-0.39, 0.29) is 18.7 Å². The number of hydrogen-bond donors (Lipinski definition) is 2. The molecule has 1 aromatic rings. The molecule has 2 unspecified atom stereocenters. The highest BCUT2D eigenvalue weighted by atomic mass is 16.5. The van der Waals surface area contributed by atoms with Gasteiger partial charge in [-0.2, -0.15) is 0 Å². The summed E-state index contributed by atoms with van der Waals surface area (Å²) in [6, 6.07) is 7.40. The number of aliphatic hydroxyl groups is 1. The summed E-state index contributed by atoms with van der Waals surface area (Å²) < 4.78 is 10.9. The van der Waals surface area contributed by atoms with Crippen molar-refractivity contribution in [2.45, 2.75) is 43.9 Å². The van der Waals surface area contributed by atoms with Crippen molar-refractivity contribution < 1.29 is 19.4 Å². The molecule has 1 aliphatic rings. The fourth-order valence-electron chi connectivity index (χ4n) is 2.94. The molecule has 0 heterocycles. The van der Waals surface area contributed by atoms with Crippen LogP contribution in [0.25, 0.3) is 0 Å². The zero-order chi connectivity index (χ0) is 15.3. The molecule has 0 amide bonds. The molecule has 2 atom stereocenters. The predicted molar refractivity (Wildman–Crippen MR) is 79.1 cm³/mol. The number of benzene rings is 1. The summed E-state index contributed by atoms with van der Waals surface area (Å²) in [4.78, 5) is 12.0. The lowest BCUT2D eigenvalue weighted by atomic mass is 9.80. The predicted octanol–water partition coefficient (Wildman–Crippen LogP) is 1.63. The van der Waals surface area contributed by atoms with Crippen LogP contribution in [0, 0.1) is 0 Å². The molecule has 0 bridgehead atoms. The van der Waals surface area contributed by atoms with Gasteiger partial charge in [0.05, 0.1) is 13.7 Å². The van der Waals surface area contributed by atoms with Gasteiger partial charge in [0, 0.05) is 6.42 Å². The number of esters is 1. The van der Waals surface area contributed by atoms with E-state index >= 15 is 0 Å². The van der Waals surface area contributed by atoms with Crippen LogP contribution in [0.15, 0.2) is 24.3 Å². The number of ether oxygens (including phenoxy) is 2. The van der Waals surface area contributed by atoms with Crippen molar-refractivity contribution in [3.8, 4) is 5.75 Å². The van der Waals surface area contributed by atoms with Crippen LogP contribution in [0.4, 0.5) is 0 Å². The molecular weight excluding hydrogens is 270 g/mol. The molecule has 1 aliphatic carbocycles. The Labute approximate surface area is 125 Å². The van der Waals surface area contributed by atoms with Crippen LogP contribution < -0.4 is 10.1 Å². The zero-order valence-electron chi connectivity index (χ0n) is 12.6. The van der Waals surface area contributed by atoms with Crippen molar-refractivity contribution in [2.24, 2.45) is 0 Å². The Balaban J connectivity index is 2.08. The van der Waals surface area contributed by atoms with Gasteiger partial charge >= 0.3 is 5.97 Å². The first-order chi connectivity index (χ1) is 10.1. The van der Waals surface area contributed by atoms with E-state index in [1.54, 1.807) is 7.05 Å². The van der Waals surface area contributed by atoms with Gasteiger partial charge in [0.1, 0.15) is 17.4 Å². The standard InChI is InChI=1S/C16H23NO4/c1-17-16(15(19)20-2)8-4-7-14(10-16)21-13-6-3-5-12(9-13)11-18/h3,5-6,9,14,17-18H,4,7-8,10-11H2,1-2H3. The molecule has 116 valence electrons. The van der Waals surface area contributed by atoms with Crippen molar-refractivity contribution in [3.63, 3.8) is 0 Å². The molecule has 21 heavy (non-hydrogen) atoms. The summed E-state index contributed by atoms with van der Waals surface area (Å²) >= 11 is 0. The lowest BCUT2D eigenvalue weighted by Gasteiger charge is -2.38. The number of nitrogens with one attached hydrogen (secondary N) is 1. The maximum Gasteiger partial charge on any atom is 0.326 e. The molecule has 0 aliphatic heterocycles. The summed E-state index contributed by atoms with van der Waals surface area (Å²) in [6.45, 7) is -0.00944. The van der Waals surface area contributed by atoms with Crippen molar-refractivity contribution >= 4 is 5.97 Å². The van der Waals surface area contributed by atoms with Gasteiger partial charge in [-0.15, -0.1) is 0 Å². The normalized spacial score (nSPS) is 25.4. The van der Waals surface area contributed by atoms with Crippen molar-refractivity contribution in [3.05, 3.63) is 29.8 Å². The van der Waals surface area contributed by atoms with Crippen LogP contribution in [-0.4, -0.2) is 36.9 Å². The summed E-state index contributed by atoms with van der Waals surface area (Å²) in [7, 11) is 3.20. The third kappa shape index (κ3) is 3.54. The van der Waals surface area contributed by atoms with E-state index in [9.17, 15) is 4.79 Å². The molecule has 1 aromatic carbocycles. The van der Waals surface area contributed by atoms with Crippen LogP contribution in [0.3, 0.4) is 0 Å². The molecule has 0 spiro atoms. The topological polar surface area (TPSA) is 67.8 Å². The van der Waals surface area contributed by atoms with Crippen LogP contribution in [0.5, 0.6) is 5.75 Å². The van der Waals surface area contributed by atoms with E-state index < -0.39 is 5.54 Å². The SMILES string of the molecule is CNC1(C(=O)OC)CCCC(Oc2cccc(CO)c2)C1. The largest absolute Gasteiger partial charge is 0.490 e. The van der Waals surface area contributed by atoms with Gasteiger partial charge < -0.3 is 19.9 Å². The third-order valence-corrected chi connectivity index (χ3v) is 4.14. The van der Waals surface area contributed by atoms with E-state index in [1.807, 2.05) is 24.3 Å². The quantitative estimate of drug-likeness (QED) is 0.808. The average molecular weight is 293 g/mol. The van der Waals surface area contributed by atoms with Crippen LogP contribution in [-0.2, 0) is 16.1 Å². The highest BCUT2D eigenvalue weighted by molar-refractivity contribution is 5.81. The van der Waals surface area contributed by atoms with E-state index in [0.29, 0.717) is 6.42 Å². The number of rotatable bonds is 5. The van der Waals surface area contributed by atoms with Crippen molar-refractivity contribution in [1.82, 2.24) is 5.32 Å². The van der Waals surface area contributed by atoms with E-state index in [0.717, 1.165) is 30.6 Å². The second-order valence-corrected chi connectivity index (χ2v) is 5.47. The monoisotopic (exact) mass is 293 g/mol. The number of likely N-dealkylation sites (N-methyl/N-ethyl adjacent to an activating group) is 1. The summed E-state index contributed by atoms with van der Waals surface area (Å²) in [5, 5.41) is 12.3. The van der Waals surface area contributed by atoms with Crippen molar-refractivity contribution in [1.29, 1.82) is 0 Å². The van der Waals surface area contributed by atoms with Crippen LogP contribution in [0.1, 0.15) is 31.2 Å². The molecule has 5 heteroatoms. The Kier molecular flexibility index (Phi) is 5.20. The minimum atomic E-state index is -0.660. The molecule has 2 N–H and O–H groups in total. The van der Waals surface area contributed by atoms with Gasteiger partial charge in [0.2, 0.25) is 0 Å². The Hall–Kier alpha value is -1.59. The Bertz CT molecular complexity index is 491. The lowest BCUT2D eigenvalue weighted by Crippen LogP contribution is -2.55. The van der Waals surface area contributed by atoms with Gasteiger partial charge in [-0.25, -0.2) is 0 Å². The highest BCUT2D eigenvalue weighted by Gasteiger charge is 2.43. The van der Waals surface area contributed by atoms with Crippen LogP contribution >= 0.6 is 0 Å². The number of carbonyl (C=O) groups is 1. The molecule has 1 saturated carbocycles. The van der Waals surface area contributed by atoms with Gasteiger partial charge in [-0.3, -0.25) is 4.79 Å². The van der Waals surface area contributed by atoms with E-state index in [4.69, 9.17) is 14.6 Å². The second kappa shape index (κ2) is 6.91. The smallest absolute Gasteiger partial charge is 0.326 e. The van der Waals surface area contributed by atoms with E-state index in [2.05, 4.69) is 5.32 Å². The van der Waals surface area contributed by atoms with E-state index in [1.165, 1.54) is 7.11 Å². The van der Waals surface area contributed by atoms with Gasteiger partial charge in [-0.05, 0) is 44.0 Å². The molecule has 2 rings (SSSR count). The zero-order valence-corrected chi connectivity index (χ0v) is 12.6. The molecular formula is C16H23NO4. The number of carbonyl (C=O) groups excluding carboxylic acids is 1. The fraction of sp³-hybridized carbons (Fsp3) is 0.562. The van der Waals surface area contributed by atoms with Crippen LogP contribution in [0.2, 0.25) is 0 Å². The molecule has 0 radical (unpaired) electrons. The van der Waals surface area contributed by atoms with Crippen molar-refractivity contribution in [2.75, 3.05) is 14.2 Å². The first kappa shape index (κ1) is 15.8. The maximum atomic E-state index is 12.0. The molecule has 0 aromatic heterocycles. The maximum absolute atomic E-state index is 12.0.